The van der Waals surface area contributed by atoms with Crippen LogP contribution in [-0.4, -0.2) is 29.8 Å². The van der Waals surface area contributed by atoms with Crippen molar-refractivity contribution in [1.29, 1.82) is 0 Å². The topological polar surface area (TPSA) is 41.0 Å². The molecule has 4 nitrogen and oxygen atoms in total. The van der Waals surface area contributed by atoms with E-state index in [2.05, 4.69) is 53.3 Å². The Morgan fingerprint density at radius 1 is 1.35 bits per heavy atom. The average Bonchev–Trinajstić information content (AvgIpc) is 2.68. The zero-order valence-electron chi connectivity index (χ0n) is 11.0. The van der Waals surface area contributed by atoms with E-state index in [0.29, 0.717) is 5.41 Å². The Hall–Kier alpha value is -1.16. The van der Waals surface area contributed by atoms with E-state index in [-0.39, 0.29) is 0 Å². The first-order valence-corrected chi connectivity index (χ1v) is 6.39. The highest BCUT2D eigenvalue weighted by molar-refractivity contribution is 5.39. The second-order valence-electron chi connectivity index (χ2n) is 5.50. The van der Waals surface area contributed by atoms with Gasteiger partial charge in [-0.3, -0.25) is 0 Å². The van der Waals surface area contributed by atoms with Gasteiger partial charge in [-0.2, -0.15) is 5.10 Å². The molecule has 0 aliphatic carbocycles. The maximum Gasteiger partial charge on any atom is 0.151 e. The van der Waals surface area contributed by atoms with Gasteiger partial charge in [0.2, 0.25) is 0 Å². The quantitative estimate of drug-likeness (QED) is 0.863. The first-order valence-electron chi connectivity index (χ1n) is 6.39. The van der Waals surface area contributed by atoms with Crippen LogP contribution in [0.5, 0.6) is 0 Å². The summed E-state index contributed by atoms with van der Waals surface area (Å²) in [4.78, 5) is 2.32. The van der Waals surface area contributed by atoms with Gasteiger partial charge in [0.05, 0.1) is 5.69 Å². The predicted molar refractivity (Wildman–Crippen MR) is 70.0 cm³/mol. The van der Waals surface area contributed by atoms with Crippen LogP contribution in [0.4, 0.5) is 5.82 Å². The molecule has 1 aromatic heterocycles. The Bertz CT molecular complexity index is 358. The fourth-order valence-electron chi connectivity index (χ4n) is 2.18. The average molecular weight is 234 g/mol. The van der Waals surface area contributed by atoms with E-state index in [0.717, 1.165) is 37.7 Å². The van der Waals surface area contributed by atoms with E-state index in [9.17, 15) is 0 Å². The molecule has 0 atom stereocenters. The van der Waals surface area contributed by atoms with Gasteiger partial charge in [0.25, 0.3) is 0 Å². The number of rotatable bonds is 4. The van der Waals surface area contributed by atoms with Crippen molar-refractivity contribution in [2.45, 2.75) is 33.7 Å². The van der Waals surface area contributed by atoms with Crippen molar-refractivity contribution in [3.05, 3.63) is 17.8 Å². The molecule has 17 heavy (non-hydrogen) atoms. The van der Waals surface area contributed by atoms with Crippen LogP contribution in [-0.2, 0) is 6.54 Å². The van der Waals surface area contributed by atoms with Crippen molar-refractivity contribution in [1.82, 2.24) is 15.5 Å². The van der Waals surface area contributed by atoms with E-state index < -0.39 is 0 Å². The number of hydrogen-bond acceptors (Lipinski definition) is 4. The highest BCUT2D eigenvalue weighted by Gasteiger charge is 2.29. The molecular weight excluding hydrogens is 212 g/mol. The Labute approximate surface area is 103 Å². The van der Waals surface area contributed by atoms with Gasteiger partial charge in [-0.15, -0.1) is 5.10 Å². The molecule has 2 heterocycles. The molecule has 0 unspecified atom stereocenters. The standard InChI is InChI=1S/C13H22N4/c1-4-14-9-11-5-6-12(16-15-11)17-8-7-13(2,3)10-17/h5-6,14H,4,7-10H2,1-3H3. The molecule has 1 aliphatic heterocycles. The third-order valence-electron chi connectivity index (χ3n) is 3.26. The van der Waals surface area contributed by atoms with E-state index in [1.807, 2.05) is 0 Å². The van der Waals surface area contributed by atoms with Gasteiger partial charge in [0.1, 0.15) is 0 Å². The third kappa shape index (κ3) is 3.16. The van der Waals surface area contributed by atoms with E-state index in [1.165, 1.54) is 6.42 Å². The highest BCUT2D eigenvalue weighted by Crippen LogP contribution is 2.31. The van der Waals surface area contributed by atoms with Gasteiger partial charge in [0, 0.05) is 19.6 Å². The van der Waals surface area contributed by atoms with Gasteiger partial charge in [0.15, 0.2) is 5.82 Å². The van der Waals surface area contributed by atoms with Crippen molar-refractivity contribution in [3.63, 3.8) is 0 Å². The fraction of sp³-hybridized carbons (Fsp3) is 0.692. The summed E-state index contributed by atoms with van der Waals surface area (Å²) in [6, 6.07) is 4.15. The maximum atomic E-state index is 4.32. The van der Waals surface area contributed by atoms with Crippen LogP contribution in [0.15, 0.2) is 12.1 Å². The third-order valence-corrected chi connectivity index (χ3v) is 3.26. The maximum absolute atomic E-state index is 4.32. The van der Waals surface area contributed by atoms with Gasteiger partial charge >= 0.3 is 0 Å². The molecule has 0 bridgehead atoms. The van der Waals surface area contributed by atoms with Crippen molar-refractivity contribution in [2.75, 3.05) is 24.5 Å². The minimum atomic E-state index is 0.407. The summed E-state index contributed by atoms with van der Waals surface area (Å²) >= 11 is 0. The van der Waals surface area contributed by atoms with Gasteiger partial charge < -0.3 is 10.2 Å². The molecular formula is C13H22N4. The van der Waals surface area contributed by atoms with E-state index >= 15 is 0 Å². The largest absolute Gasteiger partial charge is 0.355 e. The number of anilines is 1. The van der Waals surface area contributed by atoms with Crippen LogP contribution >= 0.6 is 0 Å². The molecule has 0 radical (unpaired) electrons. The zero-order valence-corrected chi connectivity index (χ0v) is 11.0. The second-order valence-corrected chi connectivity index (χ2v) is 5.50. The lowest BCUT2D eigenvalue weighted by molar-refractivity contribution is 0.418. The second kappa shape index (κ2) is 5.00. The van der Waals surface area contributed by atoms with Crippen LogP contribution in [0.25, 0.3) is 0 Å². The lowest BCUT2D eigenvalue weighted by Crippen LogP contribution is -2.24. The summed E-state index contributed by atoms with van der Waals surface area (Å²) < 4.78 is 0. The Morgan fingerprint density at radius 2 is 2.18 bits per heavy atom. The summed E-state index contributed by atoms with van der Waals surface area (Å²) in [5.41, 5.74) is 1.42. The molecule has 4 heteroatoms. The molecule has 0 amide bonds. The monoisotopic (exact) mass is 234 g/mol. The number of nitrogens with one attached hydrogen (secondary N) is 1. The van der Waals surface area contributed by atoms with Crippen molar-refractivity contribution in [2.24, 2.45) is 5.41 Å². The lowest BCUT2D eigenvalue weighted by Gasteiger charge is -2.20. The van der Waals surface area contributed by atoms with E-state index in [1.54, 1.807) is 0 Å². The first-order chi connectivity index (χ1) is 8.11. The zero-order chi connectivity index (χ0) is 12.3. The summed E-state index contributed by atoms with van der Waals surface area (Å²) in [7, 11) is 0. The van der Waals surface area contributed by atoms with Crippen LogP contribution < -0.4 is 10.2 Å². The Morgan fingerprint density at radius 3 is 2.71 bits per heavy atom. The molecule has 0 spiro atoms. The molecule has 1 N–H and O–H groups in total. The van der Waals surface area contributed by atoms with Gasteiger partial charge in [-0.1, -0.05) is 20.8 Å². The molecule has 1 saturated heterocycles. The van der Waals surface area contributed by atoms with Gasteiger partial charge in [-0.05, 0) is 30.5 Å². The number of hydrogen-bond donors (Lipinski definition) is 1. The molecule has 0 aromatic carbocycles. The highest BCUT2D eigenvalue weighted by atomic mass is 15.3. The summed E-state index contributed by atoms with van der Waals surface area (Å²) in [6.07, 6.45) is 1.23. The SMILES string of the molecule is CCNCc1ccc(N2CCC(C)(C)C2)nn1. The normalized spacial score (nSPS) is 18.6. The Kier molecular flexibility index (Phi) is 3.62. The molecule has 1 aliphatic rings. The predicted octanol–water partition coefficient (Wildman–Crippen LogP) is 1.82. The summed E-state index contributed by atoms with van der Waals surface area (Å²) in [6.45, 7) is 10.6. The first kappa shape index (κ1) is 12.3. The Balaban J connectivity index is 1.98. The van der Waals surface area contributed by atoms with Crippen molar-refractivity contribution >= 4 is 5.82 Å². The smallest absolute Gasteiger partial charge is 0.151 e. The summed E-state index contributed by atoms with van der Waals surface area (Å²) in [5.74, 6) is 1.01. The van der Waals surface area contributed by atoms with Crippen LogP contribution in [0.3, 0.4) is 0 Å². The van der Waals surface area contributed by atoms with E-state index in [4.69, 9.17) is 0 Å². The number of nitrogens with zero attached hydrogens (tertiary/aromatic N) is 3. The molecule has 0 saturated carbocycles. The molecule has 1 fully saturated rings. The molecule has 2 rings (SSSR count). The minimum Gasteiger partial charge on any atom is -0.355 e. The fourth-order valence-corrected chi connectivity index (χ4v) is 2.18. The minimum absolute atomic E-state index is 0.407. The number of aromatic nitrogens is 2. The van der Waals surface area contributed by atoms with Crippen LogP contribution in [0.2, 0.25) is 0 Å². The van der Waals surface area contributed by atoms with Crippen LogP contribution in [0, 0.1) is 5.41 Å². The van der Waals surface area contributed by atoms with Crippen molar-refractivity contribution in [3.8, 4) is 0 Å². The lowest BCUT2D eigenvalue weighted by atomic mass is 9.93. The molecule has 94 valence electrons. The molecule has 1 aromatic rings. The van der Waals surface area contributed by atoms with Crippen molar-refractivity contribution < 1.29 is 0 Å². The van der Waals surface area contributed by atoms with Crippen LogP contribution in [0.1, 0.15) is 32.9 Å². The summed E-state index contributed by atoms with van der Waals surface area (Å²) in [5, 5.41) is 11.8. The van der Waals surface area contributed by atoms with Gasteiger partial charge in [-0.25, -0.2) is 0 Å².